The lowest BCUT2D eigenvalue weighted by Crippen LogP contribution is -2.63. The van der Waals surface area contributed by atoms with Crippen LogP contribution in [0.1, 0.15) is 38.7 Å². The van der Waals surface area contributed by atoms with E-state index in [1.165, 1.54) is 5.56 Å². The van der Waals surface area contributed by atoms with Gasteiger partial charge in [0.2, 0.25) is 0 Å². The van der Waals surface area contributed by atoms with Crippen molar-refractivity contribution in [1.29, 1.82) is 0 Å². The maximum absolute atomic E-state index is 14.0. The molecule has 2 aliphatic rings. The van der Waals surface area contributed by atoms with E-state index in [-0.39, 0.29) is 31.0 Å². The van der Waals surface area contributed by atoms with E-state index in [2.05, 4.69) is 6.07 Å². The minimum atomic E-state index is -1.08. The zero-order valence-corrected chi connectivity index (χ0v) is 21.8. The van der Waals surface area contributed by atoms with Gasteiger partial charge in [0.15, 0.2) is 12.2 Å². The lowest BCUT2D eigenvalue weighted by atomic mass is 9.90. The van der Waals surface area contributed by atoms with Crippen LogP contribution in [0.15, 0.2) is 48.5 Å². The number of benzene rings is 2. The Kier molecular flexibility index (Phi) is 8.75. The molecule has 2 aromatic carbocycles. The van der Waals surface area contributed by atoms with Crippen molar-refractivity contribution in [1.82, 2.24) is 9.80 Å². The summed E-state index contributed by atoms with van der Waals surface area (Å²) in [5.74, 6) is 1.07. The number of morpholine rings is 1. The van der Waals surface area contributed by atoms with Crippen LogP contribution in [0.5, 0.6) is 11.5 Å². The molecule has 2 aliphatic heterocycles. The van der Waals surface area contributed by atoms with Crippen LogP contribution in [0.2, 0.25) is 5.02 Å². The Morgan fingerprint density at radius 3 is 2.67 bits per heavy atom. The molecule has 8 heteroatoms. The fourth-order valence-corrected chi connectivity index (χ4v) is 5.05. The summed E-state index contributed by atoms with van der Waals surface area (Å²) >= 11 is 6.16. The number of hydrogen-bond acceptors (Lipinski definition) is 5. The van der Waals surface area contributed by atoms with Crippen molar-refractivity contribution in [3.05, 3.63) is 59.1 Å². The molecule has 7 nitrogen and oxygen atoms in total. The molecular weight excluding hydrogens is 480 g/mol. The van der Waals surface area contributed by atoms with Crippen LogP contribution in [0.3, 0.4) is 0 Å². The molecule has 0 aromatic heterocycles. The molecule has 2 amide bonds. The summed E-state index contributed by atoms with van der Waals surface area (Å²) in [6.45, 7) is 5.60. The molecule has 1 spiro atoms. The first-order valence-electron chi connectivity index (χ1n) is 12.7. The summed E-state index contributed by atoms with van der Waals surface area (Å²) in [6.07, 6.45) is 3.10. The second kappa shape index (κ2) is 12.0. The summed E-state index contributed by atoms with van der Waals surface area (Å²) in [7, 11) is 0. The van der Waals surface area contributed by atoms with Crippen molar-refractivity contribution in [2.45, 2.75) is 51.2 Å². The van der Waals surface area contributed by atoms with Gasteiger partial charge < -0.3 is 24.0 Å². The molecule has 2 heterocycles. The number of carbonyl (C=O) groups is 2. The summed E-state index contributed by atoms with van der Waals surface area (Å²) in [5, 5.41) is 0.453. The molecule has 194 valence electrons. The Bertz CT molecular complexity index is 1060. The fourth-order valence-electron chi connectivity index (χ4n) is 4.86. The second-order valence-corrected chi connectivity index (χ2v) is 10.0. The van der Waals surface area contributed by atoms with Crippen molar-refractivity contribution in [2.75, 3.05) is 39.5 Å². The molecule has 0 aliphatic carbocycles. The minimum absolute atomic E-state index is 0.0330. The monoisotopic (exact) mass is 514 g/mol. The number of hydrogen-bond donors (Lipinski definition) is 0. The highest BCUT2D eigenvalue weighted by Crippen LogP contribution is 2.30. The van der Waals surface area contributed by atoms with E-state index in [0.717, 1.165) is 25.0 Å². The van der Waals surface area contributed by atoms with Crippen molar-refractivity contribution < 1.29 is 23.8 Å². The maximum atomic E-state index is 14.0. The molecule has 1 fully saturated rings. The molecule has 0 saturated carbocycles. The van der Waals surface area contributed by atoms with Crippen LogP contribution in [-0.2, 0) is 20.7 Å². The van der Waals surface area contributed by atoms with Gasteiger partial charge in [-0.05, 0) is 63.3 Å². The number of aryl methyl sites for hydroxylation is 1. The Balaban J connectivity index is 1.51. The van der Waals surface area contributed by atoms with Gasteiger partial charge in [-0.1, -0.05) is 41.9 Å². The van der Waals surface area contributed by atoms with Crippen LogP contribution >= 0.6 is 11.6 Å². The molecule has 1 unspecified atom stereocenters. The lowest BCUT2D eigenvalue weighted by Gasteiger charge is -2.45. The first kappa shape index (κ1) is 26.3. The van der Waals surface area contributed by atoms with E-state index < -0.39 is 5.60 Å². The average molecular weight is 515 g/mol. The lowest BCUT2D eigenvalue weighted by molar-refractivity contribution is -0.178. The highest BCUT2D eigenvalue weighted by atomic mass is 35.5. The molecule has 2 aromatic rings. The van der Waals surface area contributed by atoms with Gasteiger partial charge in [-0.15, -0.1) is 0 Å². The predicted molar refractivity (Wildman–Crippen MR) is 139 cm³/mol. The molecule has 1 atom stereocenters. The Labute approximate surface area is 218 Å². The Morgan fingerprint density at radius 1 is 1.08 bits per heavy atom. The van der Waals surface area contributed by atoms with Gasteiger partial charge in [0.1, 0.15) is 18.1 Å². The summed E-state index contributed by atoms with van der Waals surface area (Å²) < 4.78 is 18.0. The minimum Gasteiger partial charge on any atom is -0.491 e. The van der Waals surface area contributed by atoms with Crippen LogP contribution in [-0.4, -0.2) is 72.7 Å². The summed E-state index contributed by atoms with van der Waals surface area (Å²) in [6, 6.07) is 15.1. The number of nitrogens with zero attached hydrogens (tertiary/aromatic N) is 2. The van der Waals surface area contributed by atoms with Gasteiger partial charge in [-0.25, -0.2) is 0 Å². The topological polar surface area (TPSA) is 68.3 Å². The number of carbonyl (C=O) groups excluding carboxylic acids is 2. The third-order valence-corrected chi connectivity index (χ3v) is 7.15. The molecule has 0 bridgehead atoms. The van der Waals surface area contributed by atoms with Gasteiger partial charge in [0.25, 0.3) is 11.8 Å². The highest BCUT2D eigenvalue weighted by Gasteiger charge is 2.47. The van der Waals surface area contributed by atoms with E-state index in [0.29, 0.717) is 43.5 Å². The smallest absolute Gasteiger partial charge is 0.260 e. The molecule has 36 heavy (non-hydrogen) atoms. The first-order valence-corrected chi connectivity index (χ1v) is 13.1. The Morgan fingerprint density at radius 2 is 1.86 bits per heavy atom. The van der Waals surface area contributed by atoms with Crippen molar-refractivity contribution >= 4 is 23.4 Å². The van der Waals surface area contributed by atoms with Crippen molar-refractivity contribution in [3.63, 3.8) is 0 Å². The van der Waals surface area contributed by atoms with Gasteiger partial charge in [-0.3, -0.25) is 9.59 Å². The van der Waals surface area contributed by atoms with Crippen LogP contribution in [0.25, 0.3) is 0 Å². The van der Waals surface area contributed by atoms with Gasteiger partial charge in [0.05, 0.1) is 24.7 Å². The summed E-state index contributed by atoms with van der Waals surface area (Å²) in [5.41, 5.74) is 0.0917. The molecule has 0 N–H and O–H groups in total. The van der Waals surface area contributed by atoms with Crippen molar-refractivity contribution in [3.8, 4) is 11.5 Å². The fraction of sp³-hybridized carbons (Fsp3) is 0.500. The molecular formula is C28H35ClN2O5. The van der Waals surface area contributed by atoms with Gasteiger partial charge in [-0.2, -0.15) is 0 Å². The number of ether oxygens (including phenoxy) is 3. The summed E-state index contributed by atoms with van der Waals surface area (Å²) in [4.78, 5) is 30.6. The van der Waals surface area contributed by atoms with Gasteiger partial charge in [0, 0.05) is 12.6 Å². The SMILES string of the molecule is CC(C)N1CCOc2ccccc2CCCCC2(CN(C(=O)COc3ccccc3Cl)CCO2)C1=O. The predicted octanol–water partition coefficient (Wildman–Crippen LogP) is 4.36. The maximum Gasteiger partial charge on any atom is 0.260 e. The largest absolute Gasteiger partial charge is 0.491 e. The quantitative estimate of drug-likeness (QED) is 0.606. The van der Waals surface area contributed by atoms with Crippen molar-refractivity contribution in [2.24, 2.45) is 0 Å². The van der Waals surface area contributed by atoms with Crippen LogP contribution in [0, 0.1) is 0 Å². The van der Waals surface area contributed by atoms with E-state index in [4.69, 9.17) is 25.8 Å². The molecule has 4 rings (SSSR count). The normalized spacial score (nSPS) is 21.4. The van der Waals surface area contributed by atoms with E-state index >= 15 is 0 Å². The first-order chi connectivity index (χ1) is 17.4. The van der Waals surface area contributed by atoms with E-state index in [1.54, 1.807) is 17.0 Å². The van der Waals surface area contributed by atoms with Crippen LogP contribution < -0.4 is 9.47 Å². The zero-order chi connectivity index (χ0) is 25.5. The third kappa shape index (κ3) is 6.13. The van der Waals surface area contributed by atoms with E-state index in [9.17, 15) is 9.59 Å². The highest BCUT2D eigenvalue weighted by molar-refractivity contribution is 6.32. The average Bonchev–Trinajstić information content (AvgIpc) is 2.88. The number of rotatable bonds is 4. The standard InChI is InChI=1S/C28H35ClN2O5/c1-21(2)31-16-17-34-24-12-5-3-9-22(24)10-7-8-14-28(27(31)33)20-30(15-18-36-28)26(32)19-35-25-13-6-4-11-23(25)29/h3-6,9,11-13,21H,7-8,10,14-20H2,1-2H3. The van der Waals surface area contributed by atoms with E-state index in [1.807, 2.05) is 49.1 Å². The third-order valence-electron chi connectivity index (χ3n) is 6.84. The zero-order valence-electron chi connectivity index (χ0n) is 21.1. The number of para-hydroxylation sites is 2. The number of fused-ring (bicyclic) bond motifs is 1. The molecule has 0 radical (unpaired) electrons. The Hall–Kier alpha value is -2.77. The second-order valence-electron chi connectivity index (χ2n) is 9.63. The number of amides is 2. The molecule has 1 saturated heterocycles. The number of halogens is 1. The van der Waals surface area contributed by atoms with Crippen LogP contribution in [0.4, 0.5) is 0 Å². The van der Waals surface area contributed by atoms with Gasteiger partial charge >= 0.3 is 0 Å².